The second kappa shape index (κ2) is 7.84. The third kappa shape index (κ3) is 3.62. The zero-order valence-corrected chi connectivity index (χ0v) is 16.1. The van der Waals surface area contributed by atoms with Gasteiger partial charge in [-0.25, -0.2) is 0 Å². The third-order valence-corrected chi connectivity index (χ3v) is 5.17. The molecule has 0 spiro atoms. The third-order valence-electron chi connectivity index (χ3n) is 5.17. The second-order valence-electron chi connectivity index (χ2n) is 7.02. The first kappa shape index (κ1) is 18.2. The molecule has 1 aliphatic rings. The normalized spacial score (nSPS) is 16.9. The summed E-state index contributed by atoms with van der Waals surface area (Å²) in [6.45, 7) is 3.87. The van der Waals surface area contributed by atoms with Crippen LogP contribution in [-0.2, 0) is 11.3 Å². The second-order valence-corrected chi connectivity index (χ2v) is 7.02. The Kier molecular flexibility index (Phi) is 5.10. The number of ether oxygens (including phenoxy) is 1. The first-order valence-corrected chi connectivity index (χ1v) is 9.49. The molecule has 8 nitrogen and oxygen atoms in total. The van der Waals surface area contributed by atoms with Crippen molar-refractivity contribution in [3.8, 4) is 5.75 Å². The molecule has 1 atom stereocenters. The summed E-state index contributed by atoms with van der Waals surface area (Å²) in [7, 11) is 1.64. The van der Waals surface area contributed by atoms with E-state index in [1.807, 2.05) is 43.3 Å². The van der Waals surface area contributed by atoms with Crippen molar-refractivity contribution in [2.75, 3.05) is 25.1 Å². The fraction of sp³-hybridized carbons (Fsp3) is 0.400. The van der Waals surface area contributed by atoms with Crippen LogP contribution in [0.2, 0.25) is 0 Å². The molecule has 1 aromatic carbocycles. The van der Waals surface area contributed by atoms with Crippen LogP contribution >= 0.6 is 0 Å². The van der Waals surface area contributed by atoms with Gasteiger partial charge in [0.1, 0.15) is 11.6 Å². The minimum atomic E-state index is -0.0667. The van der Waals surface area contributed by atoms with E-state index in [2.05, 4.69) is 25.5 Å². The van der Waals surface area contributed by atoms with E-state index in [1.165, 1.54) is 0 Å². The lowest BCUT2D eigenvalue weighted by molar-refractivity contribution is -0.125. The summed E-state index contributed by atoms with van der Waals surface area (Å²) in [5.74, 6) is 2.38. The number of nitrogens with zero attached hydrogens (tertiary/aromatic N) is 5. The van der Waals surface area contributed by atoms with Gasteiger partial charge in [0.25, 0.3) is 0 Å². The number of amides is 1. The number of carbonyl (C=O) groups is 1. The number of methoxy groups -OCH3 is 1. The zero-order chi connectivity index (χ0) is 19.5. The van der Waals surface area contributed by atoms with Gasteiger partial charge in [-0.2, -0.15) is 4.52 Å². The van der Waals surface area contributed by atoms with Crippen molar-refractivity contribution in [2.24, 2.45) is 5.92 Å². The van der Waals surface area contributed by atoms with E-state index in [0.717, 1.165) is 48.0 Å². The Morgan fingerprint density at radius 3 is 2.96 bits per heavy atom. The van der Waals surface area contributed by atoms with Crippen LogP contribution in [0, 0.1) is 12.8 Å². The summed E-state index contributed by atoms with van der Waals surface area (Å²) >= 11 is 0. The van der Waals surface area contributed by atoms with Crippen LogP contribution in [0.15, 0.2) is 36.4 Å². The molecule has 3 aromatic rings. The van der Waals surface area contributed by atoms with Gasteiger partial charge in [0.15, 0.2) is 11.5 Å². The van der Waals surface area contributed by atoms with Gasteiger partial charge in [-0.05, 0) is 38.0 Å². The Morgan fingerprint density at radius 1 is 1.25 bits per heavy atom. The van der Waals surface area contributed by atoms with Crippen molar-refractivity contribution in [3.05, 3.63) is 47.8 Å². The highest BCUT2D eigenvalue weighted by Gasteiger charge is 2.27. The van der Waals surface area contributed by atoms with Crippen LogP contribution in [0.25, 0.3) is 5.65 Å². The van der Waals surface area contributed by atoms with Crippen LogP contribution < -0.4 is 15.0 Å². The molecule has 3 heterocycles. The topological polar surface area (TPSA) is 84.6 Å². The highest BCUT2D eigenvalue weighted by Crippen LogP contribution is 2.23. The number of carbonyl (C=O) groups excluding carboxylic acids is 1. The van der Waals surface area contributed by atoms with Gasteiger partial charge in [-0.1, -0.05) is 18.2 Å². The molecule has 1 aliphatic heterocycles. The minimum Gasteiger partial charge on any atom is -0.496 e. The predicted octanol–water partition coefficient (Wildman–Crippen LogP) is 1.97. The molecule has 0 radical (unpaired) electrons. The average Bonchev–Trinajstić information content (AvgIpc) is 3.12. The maximum atomic E-state index is 12.7. The van der Waals surface area contributed by atoms with Gasteiger partial charge in [-0.3, -0.25) is 4.79 Å². The summed E-state index contributed by atoms with van der Waals surface area (Å²) in [5, 5.41) is 15.8. The molecule has 0 bridgehead atoms. The molecule has 4 rings (SSSR count). The number of fused-ring (bicyclic) bond motifs is 1. The van der Waals surface area contributed by atoms with Gasteiger partial charge in [0.05, 0.1) is 13.0 Å². The van der Waals surface area contributed by atoms with Gasteiger partial charge in [-0.15, -0.1) is 15.3 Å². The smallest absolute Gasteiger partial charge is 0.225 e. The summed E-state index contributed by atoms with van der Waals surface area (Å²) < 4.78 is 7.09. The minimum absolute atomic E-state index is 0.0667. The number of aromatic nitrogens is 4. The Labute approximate surface area is 163 Å². The van der Waals surface area contributed by atoms with Gasteiger partial charge in [0, 0.05) is 25.2 Å². The van der Waals surface area contributed by atoms with Crippen LogP contribution in [0.4, 0.5) is 5.82 Å². The Balaban J connectivity index is 1.42. The number of piperidine rings is 1. The molecule has 0 unspecified atom stereocenters. The number of rotatable bonds is 5. The molecule has 0 saturated carbocycles. The summed E-state index contributed by atoms with van der Waals surface area (Å²) in [6, 6.07) is 11.6. The highest BCUT2D eigenvalue weighted by atomic mass is 16.5. The molecule has 0 aliphatic carbocycles. The molecule has 1 fully saturated rings. The van der Waals surface area contributed by atoms with E-state index in [9.17, 15) is 4.79 Å². The van der Waals surface area contributed by atoms with Crippen molar-refractivity contribution >= 4 is 17.4 Å². The van der Waals surface area contributed by atoms with Crippen molar-refractivity contribution in [3.63, 3.8) is 0 Å². The first-order chi connectivity index (χ1) is 13.7. The maximum absolute atomic E-state index is 12.7. The number of nitrogens with one attached hydrogen (secondary N) is 1. The summed E-state index contributed by atoms with van der Waals surface area (Å²) in [4.78, 5) is 14.9. The molecular weight excluding hydrogens is 356 g/mol. The molecule has 28 heavy (non-hydrogen) atoms. The largest absolute Gasteiger partial charge is 0.496 e. The SMILES string of the molecule is COc1ccccc1CNC(=O)[C@H]1CCCN(c2ccc3nnc(C)n3n2)C1. The van der Waals surface area contributed by atoms with E-state index in [4.69, 9.17) is 4.74 Å². The number of hydrogen-bond donors (Lipinski definition) is 1. The van der Waals surface area contributed by atoms with Crippen molar-refractivity contribution in [2.45, 2.75) is 26.3 Å². The molecule has 2 aromatic heterocycles. The highest BCUT2D eigenvalue weighted by molar-refractivity contribution is 5.79. The van der Waals surface area contributed by atoms with Gasteiger partial charge < -0.3 is 15.0 Å². The number of benzene rings is 1. The van der Waals surface area contributed by atoms with Gasteiger partial charge in [0.2, 0.25) is 5.91 Å². The van der Waals surface area contributed by atoms with E-state index in [-0.39, 0.29) is 11.8 Å². The monoisotopic (exact) mass is 380 g/mol. The lowest BCUT2D eigenvalue weighted by Crippen LogP contribution is -2.43. The lowest BCUT2D eigenvalue weighted by atomic mass is 9.97. The van der Waals surface area contributed by atoms with E-state index >= 15 is 0 Å². The molecule has 1 saturated heterocycles. The van der Waals surface area contributed by atoms with Crippen LogP contribution in [0.3, 0.4) is 0 Å². The number of para-hydroxylation sites is 1. The molecule has 8 heteroatoms. The summed E-state index contributed by atoms with van der Waals surface area (Å²) in [6.07, 6.45) is 1.83. The van der Waals surface area contributed by atoms with Crippen molar-refractivity contribution < 1.29 is 9.53 Å². The van der Waals surface area contributed by atoms with Crippen molar-refractivity contribution in [1.29, 1.82) is 0 Å². The average molecular weight is 380 g/mol. The Morgan fingerprint density at radius 2 is 2.11 bits per heavy atom. The van der Waals surface area contributed by atoms with E-state index in [0.29, 0.717) is 13.1 Å². The number of hydrogen-bond acceptors (Lipinski definition) is 6. The van der Waals surface area contributed by atoms with E-state index in [1.54, 1.807) is 11.6 Å². The Hall–Kier alpha value is -3.16. The number of aryl methyl sites for hydroxylation is 1. The number of anilines is 1. The maximum Gasteiger partial charge on any atom is 0.225 e. The first-order valence-electron chi connectivity index (χ1n) is 9.49. The van der Waals surface area contributed by atoms with E-state index < -0.39 is 0 Å². The van der Waals surface area contributed by atoms with Crippen LogP contribution in [0.5, 0.6) is 5.75 Å². The molecule has 1 N–H and O–H groups in total. The Bertz CT molecular complexity index is 986. The molecule has 146 valence electrons. The predicted molar refractivity (Wildman–Crippen MR) is 105 cm³/mol. The van der Waals surface area contributed by atoms with Crippen LogP contribution in [-0.4, -0.2) is 45.9 Å². The lowest BCUT2D eigenvalue weighted by Gasteiger charge is -2.32. The zero-order valence-electron chi connectivity index (χ0n) is 16.1. The van der Waals surface area contributed by atoms with Crippen LogP contribution in [0.1, 0.15) is 24.2 Å². The van der Waals surface area contributed by atoms with Crippen molar-refractivity contribution in [1.82, 2.24) is 25.1 Å². The summed E-state index contributed by atoms with van der Waals surface area (Å²) in [5.41, 5.74) is 1.70. The standard InChI is InChI=1S/C20H24N6O2/c1-14-22-23-18-9-10-19(24-26(14)18)25-11-5-7-16(13-25)20(27)21-12-15-6-3-4-8-17(15)28-2/h3-4,6,8-10,16H,5,7,11-13H2,1-2H3,(H,21,27)/t16-/m0/s1. The fourth-order valence-electron chi connectivity index (χ4n) is 3.63. The fourth-order valence-corrected chi connectivity index (χ4v) is 3.63. The molecule has 1 amide bonds. The quantitative estimate of drug-likeness (QED) is 0.729. The molecular formula is C20H24N6O2. The van der Waals surface area contributed by atoms with Gasteiger partial charge >= 0.3 is 0 Å².